The number of benzene rings is 2. The average Bonchev–Trinajstić information content (AvgIpc) is 2.56. The van der Waals surface area contributed by atoms with E-state index < -0.39 is 0 Å². The number of aromatic nitrogens is 3. The smallest absolute Gasteiger partial charge is 0.249 e. The molecule has 0 amide bonds. The number of halogens is 3. The number of hydrogen-bond donors (Lipinski definition) is 2. The summed E-state index contributed by atoms with van der Waals surface area (Å²) >= 11 is 18.2. The van der Waals surface area contributed by atoms with Gasteiger partial charge in [-0.3, -0.25) is 0 Å². The van der Waals surface area contributed by atoms with Gasteiger partial charge in [-0.2, -0.15) is 10.1 Å². The van der Waals surface area contributed by atoms with Crippen LogP contribution >= 0.6 is 34.8 Å². The number of nitrogens with zero attached hydrogens (tertiary/aromatic N) is 3. The highest BCUT2D eigenvalue weighted by Crippen LogP contribution is 2.28. The van der Waals surface area contributed by atoms with E-state index in [1.54, 1.807) is 18.2 Å². The first-order valence-electron chi connectivity index (χ1n) is 6.97. The van der Waals surface area contributed by atoms with Gasteiger partial charge in [-0.15, -0.1) is 5.10 Å². The van der Waals surface area contributed by atoms with Gasteiger partial charge in [0.2, 0.25) is 5.95 Å². The summed E-state index contributed by atoms with van der Waals surface area (Å²) in [5, 5.41) is 15.8. The zero-order valence-electron chi connectivity index (χ0n) is 12.5. The van der Waals surface area contributed by atoms with Crippen LogP contribution < -0.4 is 10.6 Å². The number of hydrogen-bond acceptors (Lipinski definition) is 5. The van der Waals surface area contributed by atoms with Gasteiger partial charge in [0.15, 0.2) is 5.82 Å². The molecule has 0 aliphatic rings. The topological polar surface area (TPSA) is 62.7 Å². The van der Waals surface area contributed by atoms with Crippen molar-refractivity contribution < 1.29 is 0 Å². The van der Waals surface area contributed by atoms with Crippen LogP contribution in [0.15, 0.2) is 42.6 Å². The Hall–Kier alpha value is -2.08. The largest absolute Gasteiger partial charge is 0.339 e. The van der Waals surface area contributed by atoms with Crippen molar-refractivity contribution in [2.24, 2.45) is 0 Å². The summed E-state index contributed by atoms with van der Waals surface area (Å²) in [7, 11) is 0. The Balaban J connectivity index is 1.84. The minimum Gasteiger partial charge on any atom is -0.339 e. The molecule has 5 nitrogen and oxygen atoms in total. The lowest BCUT2D eigenvalue weighted by Gasteiger charge is -2.11. The number of rotatable bonds is 4. The van der Waals surface area contributed by atoms with E-state index in [0.29, 0.717) is 32.5 Å². The van der Waals surface area contributed by atoms with Gasteiger partial charge >= 0.3 is 0 Å². The molecule has 0 radical (unpaired) electrons. The summed E-state index contributed by atoms with van der Waals surface area (Å²) in [6.45, 7) is 1.92. The highest BCUT2D eigenvalue weighted by atomic mass is 35.5. The minimum absolute atomic E-state index is 0.295. The van der Waals surface area contributed by atoms with Crippen molar-refractivity contribution in [1.82, 2.24) is 15.2 Å². The van der Waals surface area contributed by atoms with Gasteiger partial charge in [0, 0.05) is 15.7 Å². The molecule has 0 spiro atoms. The van der Waals surface area contributed by atoms with Crippen LogP contribution in [0.2, 0.25) is 15.1 Å². The van der Waals surface area contributed by atoms with E-state index in [4.69, 9.17) is 34.8 Å². The van der Waals surface area contributed by atoms with Crippen LogP contribution in [0.4, 0.5) is 23.1 Å². The van der Waals surface area contributed by atoms with E-state index in [1.165, 1.54) is 6.20 Å². The fourth-order valence-electron chi connectivity index (χ4n) is 2.01. The normalized spacial score (nSPS) is 10.5. The van der Waals surface area contributed by atoms with Crippen LogP contribution in [-0.4, -0.2) is 15.2 Å². The summed E-state index contributed by atoms with van der Waals surface area (Å²) in [5.74, 6) is 0.819. The van der Waals surface area contributed by atoms with E-state index in [0.717, 1.165) is 11.3 Å². The van der Waals surface area contributed by atoms with Crippen molar-refractivity contribution >= 4 is 57.9 Å². The first-order chi connectivity index (χ1) is 11.5. The predicted molar refractivity (Wildman–Crippen MR) is 99.0 cm³/mol. The molecular formula is C16H12Cl3N5. The fraction of sp³-hybridized carbons (Fsp3) is 0.0625. The monoisotopic (exact) mass is 379 g/mol. The van der Waals surface area contributed by atoms with Gasteiger partial charge < -0.3 is 10.6 Å². The van der Waals surface area contributed by atoms with E-state index in [9.17, 15) is 0 Å². The second kappa shape index (κ2) is 7.21. The van der Waals surface area contributed by atoms with Crippen molar-refractivity contribution in [3.8, 4) is 0 Å². The molecule has 0 saturated carbocycles. The van der Waals surface area contributed by atoms with E-state index in [1.807, 2.05) is 25.1 Å². The Labute approximate surface area is 154 Å². The summed E-state index contributed by atoms with van der Waals surface area (Å²) in [4.78, 5) is 4.36. The zero-order chi connectivity index (χ0) is 17.1. The van der Waals surface area contributed by atoms with Gasteiger partial charge in [0.05, 0.1) is 16.9 Å². The molecule has 1 heterocycles. The molecule has 3 aromatic rings. The Morgan fingerprint density at radius 3 is 2.58 bits per heavy atom. The predicted octanol–water partition coefficient (Wildman–Crippen LogP) is 5.63. The van der Waals surface area contributed by atoms with Crippen LogP contribution in [0.3, 0.4) is 0 Å². The molecule has 1 aromatic heterocycles. The number of anilines is 4. The molecule has 0 aliphatic heterocycles. The Morgan fingerprint density at radius 2 is 1.75 bits per heavy atom. The van der Waals surface area contributed by atoms with E-state index in [-0.39, 0.29) is 0 Å². The zero-order valence-corrected chi connectivity index (χ0v) is 14.8. The lowest BCUT2D eigenvalue weighted by Crippen LogP contribution is -2.03. The summed E-state index contributed by atoms with van der Waals surface area (Å²) in [5.41, 5.74) is 2.36. The van der Waals surface area contributed by atoms with Gasteiger partial charge in [-0.1, -0.05) is 40.9 Å². The molecule has 0 bridgehead atoms. The summed E-state index contributed by atoms with van der Waals surface area (Å²) in [6.07, 6.45) is 1.52. The maximum atomic E-state index is 6.13. The van der Waals surface area contributed by atoms with Crippen molar-refractivity contribution in [2.75, 3.05) is 10.6 Å². The highest BCUT2D eigenvalue weighted by Gasteiger charge is 2.07. The van der Waals surface area contributed by atoms with Crippen molar-refractivity contribution in [2.45, 2.75) is 6.92 Å². The Kier molecular flexibility index (Phi) is 5.04. The molecule has 0 fully saturated rings. The molecular weight excluding hydrogens is 369 g/mol. The van der Waals surface area contributed by atoms with Crippen LogP contribution in [-0.2, 0) is 0 Å². The second-order valence-corrected chi connectivity index (χ2v) is 6.20. The molecule has 0 unspecified atom stereocenters. The van der Waals surface area contributed by atoms with Crippen LogP contribution in [0.5, 0.6) is 0 Å². The molecule has 122 valence electrons. The van der Waals surface area contributed by atoms with E-state index in [2.05, 4.69) is 25.8 Å². The lowest BCUT2D eigenvalue weighted by atomic mass is 10.2. The molecule has 2 aromatic carbocycles. The standard InChI is InChI=1S/C16H12Cl3N5/c1-9-11(18)3-2-4-13(9)21-15-8-20-24-16(23-15)22-14-7-10(17)5-6-12(14)19/h2-8H,1H3,(H2,21,22,23,24). The van der Waals surface area contributed by atoms with Crippen LogP contribution in [0.25, 0.3) is 0 Å². The Morgan fingerprint density at radius 1 is 0.917 bits per heavy atom. The van der Waals surface area contributed by atoms with E-state index >= 15 is 0 Å². The van der Waals surface area contributed by atoms with Gasteiger partial charge in [-0.05, 0) is 42.8 Å². The van der Waals surface area contributed by atoms with Gasteiger partial charge in [0.25, 0.3) is 0 Å². The SMILES string of the molecule is Cc1c(Cl)cccc1Nc1cnnc(Nc2cc(Cl)ccc2Cl)n1. The quantitative estimate of drug-likeness (QED) is 0.614. The molecule has 0 aliphatic carbocycles. The van der Waals surface area contributed by atoms with Crippen LogP contribution in [0, 0.1) is 6.92 Å². The summed E-state index contributed by atoms with van der Waals surface area (Å²) < 4.78 is 0. The lowest BCUT2D eigenvalue weighted by molar-refractivity contribution is 0.982. The third-order valence-electron chi connectivity index (χ3n) is 3.26. The maximum Gasteiger partial charge on any atom is 0.249 e. The molecule has 0 saturated heterocycles. The van der Waals surface area contributed by atoms with Crippen molar-refractivity contribution in [3.63, 3.8) is 0 Å². The molecule has 0 atom stereocenters. The highest BCUT2D eigenvalue weighted by molar-refractivity contribution is 6.35. The minimum atomic E-state index is 0.295. The molecule has 2 N–H and O–H groups in total. The third-order valence-corrected chi connectivity index (χ3v) is 4.24. The van der Waals surface area contributed by atoms with Crippen molar-refractivity contribution in [1.29, 1.82) is 0 Å². The first-order valence-corrected chi connectivity index (χ1v) is 8.10. The molecule has 24 heavy (non-hydrogen) atoms. The number of nitrogens with one attached hydrogen (secondary N) is 2. The summed E-state index contributed by atoms with van der Waals surface area (Å²) in [6, 6.07) is 10.7. The van der Waals surface area contributed by atoms with Gasteiger partial charge in [-0.25, -0.2) is 0 Å². The Bertz CT molecular complexity index is 866. The fourth-order valence-corrected chi connectivity index (χ4v) is 2.52. The average molecular weight is 381 g/mol. The molecule has 8 heteroatoms. The van der Waals surface area contributed by atoms with Crippen LogP contribution in [0.1, 0.15) is 5.56 Å². The van der Waals surface area contributed by atoms with Crippen molar-refractivity contribution in [3.05, 3.63) is 63.2 Å². The first kappa shape index (κ1) is 16.8. The van der Waals surface area contributed by atoms with Gasteiger partial charge in [0.1, 0.15) is 0 Å². The maximum absolute atomic E-state index is 6.13. The second-order valence-electron chi connectivity index (χ2n) is 4.95. The third kappa shape index (κ3) is 3.87. The molecule has 3 rings (SSSR count).